The molecule has 2 aromatic carbocycles. The Kier molecular flexibility index (Phi) is 6.00. The van der Waals surface area contributed by atoms with E-state index in [0.717, 1.165) is 34.4 Å². The van der Waals surface area contributed by atoms with Crippen molar-refractivity contribution in [3.63, 3.8) is 0 Å². The molecular weight excluding hydrogens is 406 g/mol. The summed E-state index contributed by atoms with van der Waals surface area (Å²) in [6.45, 7) is 6.20. The highest BCUT2D eigenvalue weighted by molar-refractivity contribution is 7.17. The first kappa shape index (κ1) is 21.0. The van der Waals surface area contributed by atoms with Crippen LogP contribution < -0.4 is 10.9 Å². The Bertz CT molecular complexity index is 1290. The maximum atomic E-state index is 13.2. The molecule has 4 rings (SSSR count). The molecular formula is C25H25N3O2S. The Labute approximate surface area is 185 Å². The fourth-order valence-corrected chi connectivity index (χ4v) is 4.54. The smallest absolute Gasteiger partial charge is 0.263 e. The van der Waals surface area contributed by atoms with Gasteiger partial charge in [0.2, 0.25) is 5.91 Å². The van der Waals surface area contributed by atoms with Gasteiger partial charge in [-0.15, -0.1) is 11.3 Å². The van der Waals surface area contributed by atoms with Gasteiger partial charge < -0.3 is 5.32 Å². The van der Waals surface area contributed by atoms with Gasteiger partial charge in [-0.3, -0.25) is 14.2 Å². The third-order valence-electron chi connectivity index (χ3n) is 5.62. The zero-order chi connectivity index (χ0) is 22.0. The number of nitrogens with one attached hydrogen (secondary N) is 1. The number of nitrogens with zero attached hydrogens (tertiary/aromatic N) is 2. The fourth-order valence-electron chi connectivity index (χ4n) is 3.63. The van der Waals surface area contributed by atoms with Gasteiger partial charge in [0, 0.05) is 16.6 Å². The third kappa shape index (κ3) is 4.30. The SMILES string of the molecule is CC[C@H](C)c1ccccc1NC(=O)Cn1cnc2scc(-c3ccc(C)cc3)c2c1=O. The van der Waals surface area contributed by atoms with Gasteiger partial charge in [0.05, 0.1) is 11.7 Å². The number of amides is 1. The molecule has 0 fully saturated rings. The van der Waals surface area contributed by atoms with E-state index in [-0.39, 0.29) is 18.0 Å². The number of carbonyl (C=O) groups is 1. The van der Waals surface area contributed by atoms with E-state index in [1.165, 1.54) is 22.2 Å². The third-order valence-corrected chi connectivity index (χ3v) is 6.50. The van der Waals surface area contributed by atoms with Crippen molar-refractivity contribution in [2.24, 2.45) is 0 Å². The van der Waals surface area contributed by atoms with Crippen LogP contribution in [-0.4, -0.2) is 15.5 Å². The topological polar surface area (TPSA) is 64.0 Å². The van der Waals surface area contributed by atoms with Crippen LogP contribution in [0.4, 0.5) is 5.69 Å². The number of fused-ring (bicyclic) bond motifs is 1. The summed E-state index contributed by atoms with van der Waals surface area (Å²) in [5.41, 5.74) is 4.67. The molecule has 1 amide bonds. The number of benzene rings is 2. The fraction of sp³-hybridized carbons (Fsp3) is 0.240. The maximum absolute atomic E-state index is 13.2. The average molecular weight is 432 g/mol. The number of hydrogen-bond acceptors (Lipinski definition) is 4. The number of para-hydroxylation sites is 1. The monoisotopic (exact) mass is 431 g/mol. The lowest BCUT2D eigenvalue weighted by molar-refractivity contribution is -0.116. The summed E-state index contributed by atoms with van der Waals surface area (Å²) < 4.78 is 1.38. The molecule has 2 aromatic heterocycles. The number of aromatic nitrogens is 2. The maximum Gasteiger partial charge on any atom is 0.263 e. The first-order valence-corrected chi connectivity index (χ1v) is 11.3. The van der Waals surface area contributed by atoms with Gasteiger partial charge in [-0.25, -0.2) is 4.98 Å². The van der Waals surface area contributed by atoms with Crippen LogP contribution in [0.15, 0.2) is 65.0 Å². The normalized spacial score (nSPS) is 12.1. The molecule has 0 radical (unpaired) electrons. The Morgan fingerprint density at radius 2 is 1.90 bits per heavy atom. The lowest BCUT2D eigenvalue weighted by Gasteiger charge is -2.16. The summed E-state index contributed by atoms with van der Waals surface area (Å²) in [6, 6.07) is 15.9. The van der Waals surface area contributed by atoms with Gasteiger partial charge in [0.15, 0.2) is 0 Å². The molecule has 5 nitrogen and oxygen atoms in total. The summed E-state index contributed by atoms with van der Waals surface area (Å²) >= 11 is 1.44. The van der Waals surface area contributed by atoms with Crippen LogP contribution in [0.2, 0.25) is 0 Å². The van der Waals surface area contributed by atoms with E-state index in [1.807, 2.05) is 60.8 Å². The highest BCUT2D eigenvalue weighted by Crippen LogP contribution is 2.31. The largest absolute Gasteiger partial charge is 0.324 e. The van der Waals surface area contributed by atoms with Crippen LogP contribution in [0, 0.1) is 6.92 Å². The van der Waals surface area contributed by atoms with Gasteiger partial charge in [0.25, 0.3) is 5.56 Å². The summed E-state index contributed by atoms with van der Waals surface area (Å²) in [7, 11) is 0. The minimum atomic E-state index is -0.244. The average Bonchev–Trinajstić information content (AvgIpc) is 3.21. The molecule has 0 saturated carbocycles. The Morgan fingerprint density at radius 1 is 1.16 bits per heavy atom. The lowest BCUT2D eigenvalue weighted by Crippen LogP contribution is -2.28. The van der Waals surface area contributed by atoms with Gasteiger partial charge in [0.1, 0.15) is 11.4 Å². The van der Waals surface area contributed by atoms with E-state index in [1.54, 1.807) is 0 Å². The lowest BCUT2D eigenvalue weighted by atomic mass is 9.97. The standard InChI is InChI=1S/C25H25N3O2S/c1-4-17(3)19-7-5-6-8-21(19)27-22(29)13-28-15-26-24-23(25(28)30)20(14-31-24)18-11-9-16(2)10-12-18/h5-12,14-15,17H,4,13H2,1-3H3,(H,27,29)/t17-/m0/s1. The summed E-state index contributed by atoms with van der Waals surface area (Å²) in [5, 5.41) is 5.49. The van der Waals surface area contributed by atoms with Crippen molar-refractivity contribution in [2.45, 2.75) is 39.7 Å². The predicted molar refractivity (Wildman–Crippen MR) is 128 cm³/mol. The van der Waals surface area contributed by atoms with Crippen molar-refractivity contribution in [1.82, 2.24) is 9.55 Å². The van der Waals surface area contributed by atoms with Crippen LogP contribution in [-0.2, 0) is 11.3 Å². The van der Waals surface area contributed by atoms with Crippen molar-refractivity contribution in [3.8, 4) is 11.1 Å². The van der Waals surface area contributed by atoms with Crippen molar-refractivity contribution in [3.05, 3.63) is 81.7 Å². The van der Waals surface area contributed by atoms with E-state index in [2.05, 4.69) is 24.1 Å². The first-order chi connectivity index (χ1) is 15.0. The van der Waals surface area contributed by atoms with Crippen LogP contribution in [0.1, 0.15) is 37.3 Å². The number of hydrogen-bond donors (Lipinski definition) is 1. The number of carbonyl (C=O) groups excluding carboxylic acids is 1. The zero-order valence-corrected chi connectivity index (χ0v) is 18.7. The molecule has 0 aliphatic heterocycles. The molecule has 6 heteroatoms. The molecule has 1 N–H and O–H groups in total. The molecule has 4 aromatic rings. The second-order valence-corrected chi connectivity index (χ2v) is 8.68. The van der Waals surface area contributed by atoms with Crippen LogP contribution >= 0.6 is 11.3 Å². The molecule has 31 heavy (non-hydrogen) atoms. The number of aryl methyl sites for hydroxylation is 1. The second kappa shape index (κ2) is 8.86. The molecule has 2 heterocycles. The first-order valence-electron chi connectivity index (χ1n) is 10.4. The molecule has 0 aliphatic carbocycles. The van der Waals surface area contributed by atoms with Crippen molar-refractivity contribution >= 4 is 33.1 Å². The van der Waals surface area contributed by atoms with E-state index in [9.17, 15) is 9.59 Å². The molecule has 0 bridgehead atoms. The number of anilines is 1. The molecule has 0 saturated heterocycles. The zero-order valence-electron chi connectivity index (χ0n) is 17.9. The van der Waals surface area contributed by atoms with E-state index < -0.39 is 0 Å². The quantitative estimate of drug-likeness (QED) is 0.433. The molecule has 0 aliphatic rings. The Balaban J connectivity index is 1.63. The van der Waals surface area contributed by atoms with Crippen molar-refractivity contribution in [2.75, 3.05) is 5.32 Å². The van der Waals surface area contributed by atoms with Crippen molar-refractivity contribution < 1.29 is 4.79 Å². The molecule has 1 atom stereocenters. The van der Waals surface area contributed by atoms with Gasteiger partial charge >= 0.3 is 0 Å². The van der Waals surface area contributed by atoms with Crippen LogP contribution in [0.25, 0.3) is 21.3 Å². The van der Waals surface area contributed by atoms with Gasteiger partial charge in [-0.05, 0) is 36.5 Å². The minimum absolute atomic E-state index is 0.0835. The van der Waals surface area contributed by atoms with E-state index in [4.69, 9.17) is 0 Å². The summed E-state index contributed by atoms with van der Waals surface area (Å²) in [4.78, 5) is 31.1. The van der Waals surface area contributed by atoms with E-state index in [0.29, 0.717) is 16.1 Å². The molecule has 0 spiro atoms. The summed E-state index contributed by atoms with van der Waals surface area (Å²) in [6.07, 6.45) is 2.44. The number of thiophene rings is 1. The highest BCUT2D eigenvalue weighted by Gasteiger charge is 2.16. The van der Waals surface area contributed by atoms with Gasteiger partial charge in [-0.2, -0.15) is 0 Å². The van der Waals surface area contributed by atoms with Crippen LogP contribution in [0.5, 0.6) is 0 Å². The molecule has 158 valence electrons. The highest BCUT2D eigenvalue weighted by atomic mass is 32.1. The minimum Gasteiger partial charge on any atom is -0.324 e. The van der Waals surface area contributed by atoms with Gasteiger partial charge in [-0.1, -0.05) is 61.9 Å². The molecule has 0 unspecified atom stereocenters. The second-order valence-electron chi connectivity index (χ2n) is 7.82. The van der Waals surface area contributed by atoms with E-state index >= 15 is 0 Å². The van der Waals surface area contributed by atoms with Crippen LogP contribution in [0.3, 0.4) is 0 Å². The Hall–Kier alpha value is -3.25. The Morgan fingerprint density at radius 3 is 2.65 bits per heavy atom. The number of rotatable bonds is 6. The predicted octanol–water partition coefficient (Wildman–Crippen LogP) is 5.59. The summed E-state index contributed by atoms with van der Waals surface area (Å²) in [5.74, 6) is 0.0891. The van der Waals surface area contributed by atoms with Crippen molar-refractivity contribution in [1.29, 1.82) is 0 Å².